The predicted octanol–water partition coefficient (Wildman–Crippen LogP) is 1.55. The molecule has 1 saturated carbocycles. The first kappa shape index (κ1) is 15.4. The number of nitrogens with one attached hydrogen (secondary N) is 2. The molecule has 0 aromatic rings. The average Bonchev–Trinajstić information content (AvgIpc) is 2.34. The Morgan fingerprint density at radius 2 is 2.06 bits per heavy atom. The Hall–Kier alpha value is -0.610. The van der Waals surface area contributed by atoms with Gasteiger partial charge in [-0.25, -0.2) is 0 Å². The van der Waals surface area contributed by atoms with Gasteiger partial charge in [-0.15, -0.1) is 0 Å². The summed E-state index contributed by atoms with van der Waals surface area (Å²) in [6, 6.07) is 0.584. The van der Waals surface area contributed by atoms with Crippen molar-refractivity contribution >= 4 is 5.91 Å². The van der Waals surface area contributed by atoms with Crippen molar-refractivity contribution in [2.24, 2.45) is 11.8 Å². The van der Waals surface area contributed by atoms with Gasteiger partial charge in [-0.1, -0.05) is 20.3 Å². The van der Waals surface area contributed by atoms with Gasteiger partial charge in [0, 0.05) is 32.7 Å². The molecule has 4 heteroatoms. The van der Waals surface area contributed by atoms with Crippen LogP contribution in [0, 0.1) is 11.8 Å². The van der Waals surface area contributed by atoms with Crippen LogP contribution in [0.15, 0.2) is 0 Å². The molecule has 1 rings (SSSR count). The molecular weight excluding hydrogens is 228 g/mol. The monoisotopic (exact) mass is 256 g/mol. The van der Waals surface area contributed by atoms with E-state index in [4.69, 9.17) is 4.74 Å². The summed E-state index contributed by atoms with van der Waals surface area (Å²) in [4.78, 5) is 11.5. The summed E-state index contributed by atoms with van der Waals surface area (Å²) >= 11 is 0. The van der Waals surface area contributed by atoms with E-state index in [-0.39, 0.29) is 5.91 Å². The normalized spacial score (nSPS) is 28.1. The van der Waals surface area contributed by atoms with Crippen molar-refractivity contribution in [3.63, 3.8) is 0 Å². The Bertz CT molecular complexity index is 246. The molecule has 1 aliphatic rings. The van der Waals surface area contributed by atoms with Crippen LogP contribution in [0.25, 0.3) is 0 Å². The van der Waals surface area contributed by atoms with Gasteiger partial charge in [-0.2, -0.15) is 0 Å². The highest BCUT2D eigenvalue weighted by molar-refractivity contribution is 5.76. The number of hydrogen-bond donors (Lipinski definition) is 2. The highest BCUT2D eigenvalue weighted by atomic mass is 16.5. The maximum atomic E-state index is 11.5. The Morgan fingerprint density at radius 1 is 1.28 bits per heavy atom. The first-order valence-corrected chi connectivity index (χ1v) is 7.12. The number of carbonyl (C=O) groups excluding carboxylic acids is 1. The summed E-state index contributed by atoms with van der Waals surface area (Å²) in [5.41, 5.74) is 0. The molecule has 1 fully saturated rings. The lowest BCUT2D eigenvalue weighted by atomic mass is 9.80. The number of rotatable bonds is 7. The van der Waals surface area contributed by atoms with Gasteiger partial charge in [0.1, 0.15) is 0 Å². The van der Waals surface area contributed by atoms with Crippen molar-refractivity contribution < 1.29 is 9.53 Å². The molecule has 0 aliphatic heterocycles. The van der Waals surface area contributed by atoms with E-state index >= 15 is 0 Å². The summed E-state index contributed by atoms with van der Waals surface area (Å²) in [5.74, 6) is 1.66. The molecule has 106 valence electrons. The molecule has 0 spiro atoms. The van der Waals surface area contributed by atoms with Crippen LogP contribution in [0.4, 0.5) is 0 Å². The molecule has 2 N–H and O–H groups in total. The van der Waals surface area contributed by atoms with E-state index in [0.717, 1.165) is 18.4 Å². The summed E-state index contributed by atoms with van der Waals surface area (Å²) in [7, 11) is 1.64. The number of carbonyl (C=O) groups is 1. The summed E-state index contributed by atoms with van der Waals surface area (Å²) in [6.07, 6.45) is 4.45. The Labute approximate surface area is 111 Å². The van der Waals surface area contributed by atoms with Gasteiger partial charge in [0.2, 0.25) is 5.91 Å². The zero-order chi connectivity index (χ0) is 13.4. The number of hydrogen-bond acceptors (Lipinski definition) is 3. The van der Waals surface area contributed by atoms with Gasteiger partial charge in [0.25, 0.3) is 0 Å². The minimum Gasteiger partial charge on any atom is -0.383 e. The van der Waals surface area contributed by atoms with Crippen molar-refractivity contribution in [1.29, 1.82) is 0 Å². The molecule has 3 unspecified atom stereocenters. The molecule has 0 aromatic heterocycles. The van der Waals surface area contributed by atoms with E-state index in [0.29, 0.717) is 25.6 Å². The number of amides is 1. The van der Waals surface area contributed by atoms with Crippen molar-refractivity contribution in [2.45, 2.75) is 45.6 Å². The van der Waals surface area contributed by atoms with E-state index in [1.807, 2.05) is 0 Å². The second kappa shape index (κ2) is 8.48. The van der Waals surface area contributed by atoms with E-state index in [9.17, 15) is 4.79 Å². The number of ether oxygens (including phenoxy) is 1. The van der Waals surface area contributed by atoms with Crippen LogP contribution < -0.4 is 10.6 Å². The quantitative estimate of drug-likeness (QED) is 0.680. The Balaban J connectivity index is 2.10. The molecule has 0 heterocycles. The molecular formula is C14H28N2O2. The fourth-order valence-electron chi connectivity index (χ4n) is 2.57. The average molecular weight is 256 g/mol. The molecule has 0 saturated heterocycles. The lowest BCUT2D eigenvalue weighted by molar-refractivity contribution is -0.121. The van der Waals surface area contributed by atoms with Gasteiger partial charge in [-0.05, 0) is 24.7 Å². The van der Waals surface area contributed by atoms with Crippen LogP contribution in [-0.2, 0) is 9.53 Å². The summed E-state index contributed by atoms with van der Waals surface area (Å²) in [6.45, 7) is 6.59. The topological polar surface area (TPSA) is 50.4 Å². The van der Waals surface area contributed by atoms with Crippen molar-refractivity contribution in [2.75, 3.05) is 26.8 Å². The molecule has 4 nitrogen and oxygen atoms in total. The summed E-state index contributed by atoms with van der Waals surface area (Å²) < 4.78 is 4.89. The van der Waals surface area contributed by atoms with E-state index in [1.54, 1.807) is 7.11 Å². The van der Waals surface area contributed by atoms with Crippen LogP contribution in [-0.4, -0.2) is 38.8 Å². The first-order chi connectivity index (χ1) is 8.63. The Morgan fingerprint density at radius 3 is 2.78 bits per heavy atom. The van der Waals surface area contributed by atoms with Crippen LogP contribution in [0.1, 0.15) is 39.5 Å². The van der Waals surface area contributed by atoms with E-state index in [2.05, 4.69) is 24.5 Å². The minimum atomic E-state index is 0.107. The highest BCUT2D eigenvalue weighted by Crippen LogP contribution is 2.28. The van der Waals surface area contributed by atoms with Crippen LogP contribution in [0.2, 0.25) is 0 Å². The second-order valence-electron chi connectivity index (χ2n) is 5.55. The molecule has 1 aliphatic carbocycles. The lowest BCUT2D eigenvalue weighted by Crippen LogP contribution is -2.41. The largest absolute Gasteiger partial charge is 0.383 e. The molecule has 0 aromatic carbocycles. The smallest absolute Gasteiger partial charge is 0.221 e. The van der Waals surface area contributed by atoms with Gasteiger partial charge >= 0.3 is 0 Å². The standard InChI is InChI=1S/C14H28N2O2/c1-11-4-5-12(2)13(10-11)15-7-6-14(17)16-8-9-18-3/h11-13,15H,4-10H2,1-3H3,(H,16,17). The maximum absolute atomic E-state index is 11.5. The molecule has 0 bridgehead atoms. The lowest BCUT2D eigenvalue weighted by Gasteiger charge is -2.33. The van der Waals surface area contributed by atoms with Crippen LogP contribution in [0.5, 0.6) is 0 Å². The zero-order valence-electron chi connectivity index (χ0n) is 12.0. The van der Waals surface area contributed by atoms with Gasteiger partial charge in [0.05, 0.1) is 6.61 Å². The molecule has 3 atom stereocenters. The van der Waals surface area contributed by atoms with Crippen LogP contribution >= 0.6 is 0 Å². The van der Waals surface area contributed by atoms with Gasteiger partial charge < -0.3 is 15.4 Å². The van der Waals surface area contributed by atoms with Crippen LogP contribution in [0.3, 0.4) is 0 Å². The third-order valence-corrected chi connectivity index (χ3v) is 3.84. The third-order valence-electron chi connectivity index (χ3n) is 3.84. The van der Waals surface area contributed by atoms with Gasteiger partial charge in [0.15, 0.2) is 0 Å². The first-order valence-electron chi connectivity index (χ1n) is 7.12. The molecule has 0 radical (unpaired) electrons. The van der Waals surface area contributed by atoms with E-state index < -0.39 is 0 Å². The van der Waals surface area contributed by atoms with Crippen molar-refractivity contribution in [1.82, 2.24) is 10.6 Å². The SMILES string of the molecule is COCCNC(=O)CCNC1CC(C)CCC1C. The highest BCUT2D eigenvalue weighted by Gasteiger charge is 2.24. The zero-order valence-corrected chi connectivity index (χ0v) is 12.0. The molecule has 1 amide bonds. The maximum Gasteiger partial charge on any atom is 0.221 e. The van der Waals surface area contributed by atoms with E-state index in [1.165, 1.54) is 19.3 Å². The fourth-order valence-corrected chi connectivity index (χ4v) is 2.57. The Kier molecular flexibility index (Phi) is 7.28. The minimum absolute atomic E-state index is 0.107. The van der Waals surface area contributed by atoms with Crippen molar-refractivity contribution in [3.05, 3.63) is 0 Å². The third kappa shape index (κ3) is 5.83. The molecule has 18 heavy (non-hydrogen) atoms. The fraction of sp³-hybridized carbons (Fsp3) is 0.929. The second-order valence-corrected chi connectivity index (χ2v) is 5.55. The van der Waals surface area contributed by atoms with Gasteiger partial charge in [-0.3, -0.25) is 4.79 Å². The predicted molar refractivity (Wildman–Crippen MR) is 73.5 cm³/mol. The van der Waals surface area contributed by atoms with Crippen molar-refractivity contribution in [3.8, 4) is 0 Å². The number of methoxy groups -OCH3 is 1. The summed E-state index contributed by atoms with van der Waals surface area (Å²) in [5, 5.41) is 6.37.